The Morgan fingerprint density at radius 2 is 1.81 bits per heavy atom. The van der Waals surface area contributed by atoms with Crippen molar-refractivity contribution in [3.05, 3.63) is 51.7 Å². The lowest BCUT2D eigenvalue weighted by atomic mass is 10.1. The summed E-state index contributed by atoms with van der Waals surface area (Å²) in [6.45, 7) is 4.85. The van der Waals surface area contributed by atoms with Crippen LogP contribution in [0.4, 0.5) is 0 Å². The van der Waals surface area contributed by atoms with Crippen LogP contribution in [-0.2, 0) is 0 Å². The molecule has 1 atom stereocenters. The second-order valence-electron chi connectivity index (χ2n) is 7.87. The van der Waals surface area contributed by atoms with E-state index in [-0.39, 0.29) is 12.0 Å². The van der Waals surface area contributed by atoms with Crippen LogP contribution in [0.2, 0.25) is 0 Å². The summed E-state index contributed by atoms with van der Waals surface area (Å²) < 4.78 is 8.58. The van der Waals surface area contributed by atoms with Crippen LogP contribution in [0.1, 0.15) is 11.1 Å². The summed E-state index contributed by atoms with van der Waals surface area (Å²) in [4.78, 5) is 12.9. The number of aliphatic hydroxyl groups excluding tert-OH is 1. The van der Waals surface area contributed by atoms with Crippen molar-refractivity contribution >= 4 is 31.5 Å². The molecular formula is C21H26NO3S+. The predicted molar refractivity (Wildman–Crippen MR) is 109 cm³/mol. The Balaban J connectivity index is 2.02. The third-order valence-electron chi connectivity index (χ3n) is 4.57. The molecule has 5 heteroatoms. The number of hydrogen-bond acceptors (Lipinski definition) is 4. The lowest BCUT2D eigenvalue weighted by Gasteiger charge is -2.26. The maximum atomic E-state index is 12.9. The maximum Gasteiger partial charge on any atom is 0.196 e. The van der Waals surface area contributed by atoms with E-state index < -0.39 is 6.10 Å². The highest BCUT2D eigenvalue weighted by Gasteiger charge is 2.18. The van der Waals surface area contributed by atoms with Crippen molar-refractivity contribution in [3.8, 4) is 5.75 Å². The Kier molecular flexibility index (Phi) is 5.06. The van der Waals surface area contributed by atoms with Gasteiger partial charge in [0.25, 0.3) is 0 Å². The van der Waals surface area contributed by atoms with E-state index in [0.29, 0.717) is 22.2 Å². The zero-order valence-electron chi connectivity index (χ0n) is 16.0. The molecular weight excluding hydrogens is 346 g/mol. The van der Waals surface area contributed by atoms with Crippen LogP contribution in [0.25, 0.3) is 20.2 Å². The highest BCUT2D eigenvalue weighted by molar-refractivity contribution is 7.24. The van der Waals surface area contributed by atoms with E-state index in [9.17, 15) is 9.90 Å². The third-order valence-corrected chi connectivity index (χ3v) is 5.88. The van der Waals surface area contributed by atoms with E-state index in [2.05, 4.69) is 0 Å². The summed E-state index contributed by atoms with van der Waals surface area (Å²) in [5, 5.41) is 11.6. The summed E-state index contributed by atoms with van der Waals surface area (Å²) in [6.07, 6.45) is -0.559. The molecule has 0 spiro atoms. The van der Waals surface area contributed by atoms with Crippen LogP contribution in [0.15, 0.2) is 35.1 Å². The normalized spacial score (nSPS) is 13.3. The van der Waals surface area contributed by atoms with Crippen LogP contribution in [-0.4, -0.2) is 50.0 Å². The van der Waals surface area contributed by atoms with Gasteiger partial charge in [0.05, 0.1) is 21.1 Å². The molecule has 0 unspecified atom stereocenters. The van der Waals surface area contributed by atoms with Gasteiger partial charge in [-0.3, -0.25) is 4.79 Å². The quantitative estimate of drug-likeness (QED) is 0.551. The van der Waals surface area contributed by atoms with Crippen molar-refractivity contribution in [2.45, 2.75) is 20.0 Å². The van der Waals surface area contributed by atoms with Crippen LogP contribution < -0.4 is 10.2 Å². The topological polar surface area (TPSA) is 46.5 Å². The number of benzene rings is 2. The molecule has 0 radical (unpaired) electrons. The number of aryl methyl sites for hydroxylation is 1. The Bertz CT molecular complexity index is 1020. The van der Waals surface area contributed by atoms with Crippen LogP contribution >= 0.6 is 11.3 Å². The number of quaternary nitrogens is 1. The van der Waals surface area contributed by atoms with Crippen molar-refractivity contribution in [1.82, 2.24) is 0 Å². The zero-order chi connectivity index (χ0) is 19.1. The first-order chi connectivity index (χ1) is 12.2. The van der Waals surface area contributed by atoms with E-state index in [1.807, 2.05) is 65.3 Å². The largest absolute Gasteiger partial charge is 0.490 e. The van der Waals surface area contributed by atoms with Crippen LogP contribution in [0.5, 0.6) is 5.75 Å². The summed E-state index contributed by atoms with van der Waals surface area (Å²) >= 11 is 1.64. The average Bonchev–Trinajstić information content (AvgIpc) is 2.56. The molecule has 1 aromatic heterocycles. The molecule has 0 amide bonds. The van der Waals surface area contributed by atoms with Gasteiger partial charge in [-0.05, 0) is 43.2 Å². The fraction of sp³-hybridized carbons (Fsp3) is 0.381. The van der Waals surface area contributed by atoms with Crippen molar-refractivity contribution in [2.24, 2.45) is 0 Å². The molecule has 1 heterocycles. The third kappa shape index (κ3) is 3.75. The van der Waals surface area contributed by atoms with E-state index in [0.717, 1.165) is 25.9 Å². The molecule has 0 saturated heterocycles. The van der Waals surface area contributed by atoms with Gasteiger partial charge < -0.3 is 14.3 Å². The molecule has 0 fully saturated rings. The Morgan fingerprint density at radius 1 is 1.12 bits per heavy atom. The molecule has 3 aromatic rings. The highest BCUT2D eigenvalue weighted by Crippen LogP contribution is 2.33. The van der Waals surface area contributed by atoms with Gasteiger partial charge in [-0.2, -0.15) is 0 Å². The van der Waals surface area contributed by atoms with Gasteiger partial charge in [-0.25, -0.2) is 0 Å². The maximum absolute atomic E-state index is 12.9. The number of rotatable bonds is 5. The fourth-order valence-electron chi connectivity index (χ4n) is 3.18. The van der Waals surface area contributed by atoms with E-state index in [1.54, 1.807) is 11.3 Å². The molecule has 1 N–H and O–H groups in total. The van der Waals surface area contributed by atoms with Crippen LogP contribution in [0, 0.1) is 13.8 Å². The first-order valence-electron chi connectivity index (χ1n) is 8.74. The van der Waals surface area contributed by atoms with Crippen molar-refractivity contribution < 1.29 is 14.3 Å². The zero-order valence-corrected chi connectivity index (χ0v) is 16.8. The Hall–Kier alpha value is -1.95. The first kappa shape index (κ1) is 18.8. The van der Waals surface area contributed by atoms with Gasteiger partial charge in [0.1, 0.15) is 25.0 Å². The second-order valence-corrected chi connectivity index (χ2v) is 8.92. The molecule has 2 aromatic carbocycles. The van der Waals surface area contributed by atoms with Crippen molar-refractivity contribution in [2.75, 3.05) is 34.3 Å². The van der Waals surface area contributed by atoms with Crippen molar-refractivity contribution in [3.63, 3.8) is 0 Å². The number of nitrogens with zero attached hydrogens (tertiary/aromatic N) is 1. The van der Waals surface area contributed by atoms with Gasteiger partial charge in [-0.15, -0.1) is 11.3 Å². The van der Waals surface area contributed by atoms with Gasteiger partial charge in [0.15, 0.2) is 5.43 Å². The smallest absolute Gasteiger partial charge is 0.196 e. The summed E-state index contributed by atoms with van der Waals surface area (Å²) in [6, 6.07) is 9.54. The van der Waals surface area contributed by atoms with Gasteiger partial charge in [0, 0.05) is 20.2 Å². The predicted octanol–water partition coefficient (Wildman–Crippen LogP) is 3.48. The minimum absolute atomic E-state index is 0.0363. The van der Waals surface area contributed by atoms with Gasteiger partial charge >= 0.3 is 0 Å². The molecule has 0 aliphatic rings. The van der Waals surface area contributed by atoms with E-state index in [1.165, 1.54) is 0 Å². The summed E-state index contributed by atoms with van der Waals surface area (Å²) in [5.74, 6) is 0.676. The Labute approximate surface area is 157 Å². The minimum Gasteiger partial charge on any atom is -0.490 e. The second kappa shape index (κ2) is 6.99. The molecule has 138 valence electrons. The lowest BCUT2D eigenvalue weighted by molar-refractivity contribution is -0.873. The number of ether oxygens (including phenoxy) is 1. The van der Waals surface area contributed by atoms with E-state index in [4.69, 9.17) is 4.74 Å². The molecule has 3 rings (SSSR count). The number of aliphatic hydroxyl groups is 1. The van der Waals surface area contributed by atoms with Gasteiger partial charge in [-0.1, -0.05) is 12.1 Å². The first-order valence-corrected chi connectivity index (χ1v) is 9.56. The fourth-order valence-corrected chi connectivity index (χ4v) is 4.39. The van der Waals surface area contributed by atoms with E-state index >= 15 is 0 Å². The number of hydrogen-bond donors (Lipinski definition) is 1. The monoisotopic (exact) mass is 372 g/mol. The SMILES string of the molecule is Cc1c(OC[C@H](O)C[N+](C)(C)C)cc2c(=O)c3ccccc3sc2c1C. The number of fused-ring (bicyclic) bond motifs is 2. The van der Waals surface area contributed by atoms with Crippen molar-refractivity contribution in [1.29, 1.82) is 0 Å². The molecule has 4 nitrogen and oxygen atoms in total. The average molecular weight is 373 g/mol. The molecule has 0 bridgehead atoms. The molecule has 26 heavy (non-hydrogen) atoms. The Morgan fingerprint density at radius 3 is 2.50 bits per heavy atom. The molecule has 0 saturated carbocycles. The summed E-state index contributed by atoms with van der Waals surface area (Å²) in [5.41, 5.74) is 2.11. The standard InChI is InChI=1S/C21H26NO3S/c1-13-14(2)21-17(20(24)16-8-6-7-9-19(16)26-21)10-18(13)25-12-15(23)11-22(3,4)5/h6-10,15,23H,11-12H2,1-5H3/q+1/t15-/m1/s1. The highest BCUT2D eigenvalue weighted by atomic mass is 32.1. The molecule has 0 aliphatic carbocycles. The van der Waals surface area contributed by atoms with Gasteiger partial charge in [0.2, 0.25) is 0 Å². The van der Waals surface area contributed by atoms with Crippen LogP contribution in [0.3, 0.4) is 0 Å². The summed E-state index contributed by atoms with van der Waals surface area (Å²) in [7, 11) is 6.10. The number of likely N-dealkylation sites (N-methyl/N-ethyl adjacent to an activating group) is 1. The lowest BCUT2D eigenvalue weighted by Crippen LogP contribution is -2.43. The molecule has 0 aliphatic heterocycles. The minimum atomic E-state index is -0.559.